The van der Waals surface area contributed by atoms with Crippen molar-refractivity contribution >= 4 is 44.6 Å². The number of halogens is 1. The molecule has 0 radical (unpaired) electrons. The molecule has 0 amide bonds. The number of hydrogen-bond acceptors (Lipinski definition) is 5. The summed E-state index contributed by atoms with van der Waals surface area (Å²) in [6, 6.07) is 25.1. The van der Waals surface area contributed by atoms with E-state index in [1.807, 2.05) is 30.3 Å². The van der Waals surface area contributed by atoms with E-state index in [4.69, 9.17) is 16.3 Å². The maximum absolute atomic E-state index is 12.6. The summed E-state index contributed by atoms with van der Waals surface area (Å²) < 4.78 is 30.5. The second kappa shape index (κ2) is 9.21. The average Bonchev–Trinajstić information content (AvgIpc) is 2.81. The van der Waals surface area contributed by atoms with Crippen molar-refractivity contribution in [3.05, 3.63) is 107 Å². The molecular weight excluding hydrogens is 448 g/mol. The number of hydrogen-bond donors (Lipinski definition) is 1. The van der Waals surface area contributed by atoms with Crippen LogP contribution in [-0.2, 0) is 10.0 Å². The summed E-state index contributed by atoms with van der Waals surface area (Å²) in [7, 11) is -3.83. The van der Waals surface area contributed by atoms with Gasteiger partial charge in [-0.1, -0.05) is 60.1 Å². The van der Waals surface area contributed by atoms with Gasteiger partial charge in [0.1, 0.15) is 5.75 Å². The third-order valence-electron chi connectivity index (χ3n) is 4.63. The van der Waals surface area contributed by atoms with Gasteiger partial charge in [0.25, 0.3) is 10.0 Å². The van der Waals surface area contributed by atoms with Crippen molar-refractivity contribution in [3.8, 4) is 5.75 Å². The number of nitrogens with one attached hydrogen (secondary N) is 1. The lowest BCUT2D eigenvalue weighted by Gasteiger charge is -2.11. The number of esters is 1. The van der Waals surface area contributed by atoms with Gasteiger partial charge >= 0.3 is 5.97 Å². The predicted octanol–water partition coefficient (Wildman–Crippen LogP) is 5.02. The van der Waals surface area contributed by atoms with Crippen LogP contribution in [0.25, 0.3) is 10.8 Å². The average molecular weight is 465 g/mol. The van der Waals surface area contributed by atoms with Crippen LogP contribution in [0.2, 0.25) is 5.02 Å². The first kappa shape index (κ1) is 21.5. The molecule has 0 bridgehead atoms. The molecule has 0 fully saturated rings. The minimum absolute atomic E-state index is 0.0875. The summed E-state index contributed by atoms with van der Waals surface area (Å²) in [4.78, 5) is 14.9. The molecule has 0 atom stereocenters. The molecule has 4 rings (SSSR count). The van der Waals surface area contributed by atoms with Gasteiger partial charge in [-0.05, 0) is 53.2 Å². The zero-order chi connectivity index (χ0) is 22.6. The maximum Gasteiger partial charge on any atom is 0.343 e. The van der Waals surface area contributed by atoms with Crippen LogP contribution in [0.5, 0.6) is 5.75 Å². The summed E-state index contributed by atoms with van der Waals surface area (Å²) in [5.74, 6) is -0.331. The number of sulfonamides is 1. The lowest BCUT2D eigenvalue weighted by molar-refractivity contribution is 0.0734. The Bertz CT molecular complexity index is 1400. The zero-order valence-electron chi connectivity index (χ0n) is 16.6. The highest BCUT2D eigenvalue weighted by molar-refractivity contribution is 7.89. The van der Waals surface area contributed by atoms with Crippen LogP contribution in [0.15, 0.2) is 101 Å². The van der Waals surface area contributed by atoms with E-state index in [9.17, 15) is 13.2 Å². The van der Waals surface area contributed by atoms with Gasteiger partial charge < -0.3 is 4.74 Å². The Morgan fingerprint density at radius 1 is 0.875 bits per heavy atom. The molecular formula is C24H17ClN2O4S. The van der Waals surface area contributed by atoms with Crippen LogP contribution in [0, 0.1) is 0 Å². The largest absolute Gasteiger partial charge is 0.422 e. The molecule has 6 nitrogen and oxygen atoms in total. The molecule has 0 heterocycles. The third-order valence-corrected chi connectivity index (χ3v) is 6.12. The smallest absolute Gasteiger partial charge is 0.343 e. The third kappa shape index (κ3) is 4.80. The van der Waals surface area contributed by atoms with Gasteiger partial charge in [-0.3, -0.25) is 0 Å². The summed E-state index contributed by atoms with van der Waals surface area (Å²) in [6.07, 6.45) is 1.33. The molecule has 4 aromatic rings. The van der Waals surface area contributed by atoms with Crippen molar-refractivity contribution in [1.29, 1.82) is 0 Å². The van der Waals surface area contributed by atoms with Gasteiger partial charge in [0, 0.05) is 10.6 Å². The lowest BCUT2D eigenvalue weighted by Crippen LogP contribution is -2.18. The molecule has 4 aromatic carbocycles. The fourth-order valence-electron chi connectivity index (χ4n) is 3.06. The summed E-state index contributed by atoms with van der Waals surface area (Å²) in [5.41, 5.74) is 0.788. The van der Waals surface area contributed by atoms with E-state index in [1.165, 1.54) is 18.3 Å². The summed E-state index contributed by atoms with van der Waals surface area (Å²) in [5, 5.41) is 6.05. The normalized spacial score (nSPS) is 11.5. The van der Waals surface area contributed by atoms with Crippen molar-refractivity contribution in [2.24, 2.45) is 5.10 Å². The quantitative estimate of drug-likeness (QED) is 0.188. The number of carbonyl (C=O) groups excluding carboxylic acids is 1. The Balaban J connectivity index is 1.67. The first-order chi connectivity index (χ1) is 15.4. The number of hydrazone groups is 1. The Labute approximate surface area is 190 Å². The summed E-state index contributed by atoms with van der Waals surface area (Å²) >= 11 is 5.88. The number of fused-ring (bicyclic) bond motifs is 1. The molecule has 0 aliphatic heterocycles. The fourth-order valence-corrected chi connectivity index (χ4v) is 3.99. The molecule has 160 valence electrons. The van der Waals surface area contributed by atoms with Crippen molar-refractivity contribution in [3.63, 3.8) is 0 Å². The van der Waals surface area contributed by atoms with Gasteiger partial charge in [0.15, 0.2) is 0 Å². The molecule has 1 N–H and O–H groups in total. The van der Waals surface area contributed by atoms with E-state index in [0.29, 0.717) is 16.1 Å². The molecule has 0 saturated heterocycles. The van der Waals surface area contributed by atoms with Crippen LogP contribution in [0.3, 0.4) is 0 Å². The van der Waals surface area contributed by atoms with Crippen molar-refractivity contribution in [1.82, 2.24) is 4.83 Å². The van der Waals surface area contributed by atoms with Crippen LogP contribution in [-0.4, -0.2) is 20.6 Å². The Hall–Kier alpha value is -3.68. The second-order valence-electron chi connectivity index (χ2n) is 6.76. The highest BCUT2D eigenvalue weighted by Crippen LogP contribution is 2.27. The monoisotopic (exact) mass is 464 g/mol. The van der Waals surface area contributed by atoms with E-state index in [0.717, 1.165) is 10.8 Å². The molecule has 8 heteroatoms. The first-order valence-electron chi connectivity index (χ1n) is 9.53. The number of rotatable bonds is 6. The van der Waals surface area contributed by atoms with Gasteiger partial charge in [-0.25, -0.2) is 9.63 Å². The second-order valence-corrected chi connectivity index (χ2v) is 8.86. The fraction of sp³-hybridized carbons (Fsp3) is 0. The molecule has 0 aromatic heterocycles. The topological polar surface area (TPSA) is 84.8 Å². The van der Waals surface area contributed by atoms with E-state index in [-0.39, 0.29) is 10.6 Å². The molecule has 32 heavy (non-hydrogen) atoms. The minimum atomic E-state index is -3.83. The number of nitrogens with zero attached hydrogens (tertiary/aromatic N) is 1. The Morgan fingerprint density at radius 2 is 1.56 bits per heavy atom. The van der Waals surface area contributed by atoms with Gasteiger partial charge in [0.2, 0.25) is 0 Å². The molecule has 0 saturated carbocycles. The number of carbonyl (C=O) groups is 1. The highest BCUT2D eigenvalue weighted by atomic mass is 35.5. The van der Waals surface area contributed by atoms with Crippen molar-refractivity contribution in [2.75, 3.05) is 0 Å². The van der Waals surface area contributed by atoms with Gasteiger partial charge in [-0.15, -0.1) is 0 Å². The highest BCUT2D eigenvalue weighted by Gasteiger charge is 2.15. The Morgan fingerprint density at radius 3 is 2.31 bits per heavy atom. The summed E-state index contributed by atoms with van der Waals surface area (Å²) in [6.45, 7) is 0. The minimum Gasteiger partial charge on any atom is -0.422 e. The van der Waals surface area contributed by atoms with Gasteiger partial charge in [-0.2, -0.15) is 13.5 Å². The van der Waals surface area contributed by atoms with Crippen LogP contribution >= 0.6 is 11.6 Å². The van der Waals surface area contributed by atoms with Crippen LogP contribution in [0.4, 0.5) is 0 Å². The van der Waals surface area contributed by atoms with Gasteiger partial charge in [0.05, 0.1) is 16.7 Å². The molecule has 0 spiro atoms. The van der Waals surface area contributed by atoms with E-state index >= 15 is 0 Å². The van der Waals surface area contributed by atoms with Crippen molar-refractivity contribution in [2.45, 2.75) is 4.90 Å². The lowest BCUT2D eigenvalue weighted by atomic mass is 10.0. The standard InChI is InChI=1S/C24H17ClN2O4S/c25-19-13-10-18(11-14-19)24(28)31-23-15-12-17-6-4-5-9-21(17)22(23)16-26-27-32(29,30)20-7-2-1-3-8-20/h1-16,27H/b26-16+. The maximum atomic E-state index is 12.6. The molecule has 0 unspecified atom stereocenters. The Kier molecular flexibility index (Phi) is 6.20. The molecule has 0 aliphatic rings. The van der Waals surface area contributed by atoms with Crippen LogP contribution in [0.1, 0.15) is 15.9 Å². The predicted molar refractivity (Wildman–Crippen MR) is 125 cm³/mol. The SMILES string of the molecule is O=C(Oc1ccc2ccccc2c1/C=N/NS(=O)(=O)c1ccccc1)c1ccc(Cl)cc1. The van der Waals surface area contributed by atoms with E-state index in [2.05, 4.69) is 9.93 Å². The molecule has 0 aliphatic carbocycles. The number of benzene rings is 4. The number of ether oxygens (including phenoxy) is 1. The van der Waals surface area contributed by atoms with Crippen molar-refractivity contribution < 1.29 is 17.9 Å². The van der Waals surface area contributed by atoms with Crippen LogP contribution < -0.4 is 9.57 Å². The van der Waals surface area contributed by atoms with E-state index < -0.39 is 16.0 Å². The first-order valence-corrected chi connectivity index (χ1v) is 11.4. The zero-order valence-corrected chi connectivity index (χ0v) is 18.2. The van der Waals surface area contributed by atoms with E-state index in [1.54, 1.807) is 48.5 Å².